The van der Waals surface area contributed by atoms with E-state index in [1.54, 1.807) is 0 Å². The summed E-state index contributed by atoms with van der Waals surface area (Å²) >= 11 is 0. The summed E-state index contributed by atoms with van der Waals surface area (Å²) in [6.45, 7) is 4.49. The molecule has 1 aliphatic carbocycles. The lowest BCUT2D eigenvalue weighted by Crippen LogP contribution is -2.22. The smallest absolute Gasteiger partial charge is 0.313 e. The summed E-state index contributed by atoms with van der Waals surface area (Å²) in [5.74, 6) is 0.237. The van der Waals surface area contributed by atoms with E-state index in [-0.39, 0.29) is 11.9 Å². The third-order valence-electron chi connectivity index (χ3n) is 3.61. The van der Waals surface area contributed by atoms with Gasteiger partial charge in [-0.3, -0.25) is 4.79 Å². The zero-order valence-corrected chi connectivity index (χ0v) is 10.6. The SMILES string of the molecule is CCOC(=O)C1c2ccccc2CCCC1C. The molecular formula is C15H20O2. The van der Waals surface area contributed by atoms with Crippen LogP contribution in [0.3, 0.4) is 0 Å². The normalized spacial score (nSPS) is 23.6. The van der Waals surface area contributed by atoms with Crippen molar-refractivity contribution in [3.05, 3.63) is 35.4 Å². The predicted octanol–water partition coefficient (Wildman–Crippen LogP) is 3.31. The second-order valence-corrected chi connectivity index (χ2v) is 4.80. The molecule has 0 bridgehead atoms. The van der Waals surface area contributed by atoms with Crippen LogP contribution in [0.4, 0.5) is 0 Å². The van der Waals surface area contributed by atoms with E-state index in [1.807, 2.05) is 13.0 Å². The van der Waals surface area contributed by atoms with Crippen LogP contribution in [0.25, 0.3) is 0 Å². The Morgan fingerprint density at radius 3 is 2.94 bits per heavy atom. The van der Waals surface area contributed by atoms with Crippen LogP contribution < -0.4 is 0 Å². The van der Waals surface area contributed by atoms with Gasteiger partial charge < -0.3 is 4.74 Å². The Labute approximate surface area is 103 Å². The zero-order valence-electron chi connectivity index (χ0n) is 10.6. The Hall–Kier alpha value is -1.31. The van der Waals surface area contributed by atoms with Crippen molar-refractivity contribution in [3.63, 3.8) is 0 Å². The Morgan fingerprint density at radius 2 is 2.18 bits per heavy atom. The summed E-state index contributed by atoms with van der Waals surface area (Å²) in [6.07, 6.45) is 3.34. The van der Waals surface area contributed by atoms with Gasteiger partial charge in [0.25, 0.3) is 0 Å². The fourth-order valence-electron chi connectivity index (χ4n) is 2.74. The van der Waals surface area contributed by atoms with Gasteiger partial charge in [-0.15, -0.1) is 0 Å². The van der Waals surface area contributed by atoms with Crippen LogP contribution in [-0.4, -0.2) is 12.6 Å². The number of esters is 1. The number of hydrogen-bond donors (Lipinski definition) is 0. The zero-order chi connectivity index (χ0) is 12.3. The second kappa shape index (κ2) is 5.35. The van der Waals surface area contributed by atoms with Crippen molar-refractivity contribution in [2.45, 2.75) is 39.0 Å². The Kier molecular flexibility index (Phi) is 3.82. The van der Waals surface area contributed by atoms with Crippen molar-refractivity contribution in [1.82, 2.24) is 0 Å². The van der Waals surface area contributed by atoms with E-state index in [4.69, 9.17) is 4.74 Å². The third-order valence-corrected chi connectivity index (χ3v) is 3.61. The van der Waals surface area contributed by atoms with Gasteiger partial charge in [0.05, 0.1) is 12.5 Å². The number of fused-ring (bicyclic) bond motifs is 1. The molecule has 0 saturated carbocycles. The van der Waals surface area contributed by atoms with Crippen molar-refractivity contribution in [2.75, 3.05) is 6.61 Å². The van der Waals surface area contributed by atoms with Gasteiger partial charge in [0, 0.05) is 0 Å². The molecule has 17 heavy (non-hydrogen) atoms. The monoisotopic (exact) mass is 232 g/mol. The molecule has 0 spiro atoms. The van der Waals surface area contributed by atoms with Gasteiger partial charge in [-0.1, -0.05) is 31.2 Å². The van der Waals surface area contributed by atoms with Gasteiger partial charge >= 0.3 is 5.97 Å². The first-order valence-electron chi connectivity index (χ1n) is 6.48. The molecule has 2 unspecified atom stereocenters. The molecule has 2 nitrogen and oxygen atoms in total. The summed E-state index contributed by atoms with van der Waals surface area (Å²) in [7, 11) is 0. The molecule has 2 atom stereocenters. The molecule has 0 aromatic heterocycles. The first-order valence-corrected chi connectivity index (χ1v) is 6.48. The van der Waals surface area contributed by atoms with Gasteiger partial charge in [0.15, 0.2) is 0 Å². The number of rotatable bonds is 2. The maximum absolute atomic E-state index is 12.1. The van der Waals surface area contributed by atoms with E-state index < -0.39 is 0 Å². The van der Waals surface area contributed by atoms with E-state index in [0.717, 1.165) is 19.3 Å². The molecule has 1 aliphatic rings. The van der Waals surface area contributed by atoms with Crippen LogP contribution in [0.1, 0.15) is 43.7 Å². The standard InChI is InChI=1S/C15H20O2/c1-3-17-15(16)14-11(2)7-6-9-12-8-4-5-10-13(12)14/h4-5,8,10-11,14H,3,6-7,9H2,1-2H3. The third kappa shape index (κ3) is 2.51. The minimum atomic E-state index is -0.0753. The Balaban J connectivity index is 2.36. The predicted molar refractivity (Wildman–Crippen MR) is 67.9 cm³/mol. The Morgan fingerprint density at radius 1 is 1.41 bits per heavy atom. The van der Waals surface area contributed by atoms with Crippen LogP contribution >= 0.6 is 0 Å². The van der Waals surface area contributed by atoms with Gasteiger partial charge in [-0.2, -0.15) is 0 Å². The van der Waals surface area contributed by atoms with Crippen molar-refractivity contribution in [1.29, 1.82) is 0 Å². The minimum absolute atomic E-state index is 0.0608. The lowest BCUT2D eigenvalue weighted by Gasteiger charge is -2.21. The van der Waals surface area contributed by atoms with Gasteiger partial charge in [0.2, 0.25) is 0 Å². The number of ether oxygens (including phenoxy) is 1. The lowest BCUT2D eigenvalue weighted by molar-refractivity contribution is -0.146. The lowest BCUT2D eigenvalue weighted by atomic mass is 9.85. The maximum atomic E-state index is 12.1. The van der Waals surface area contributed by atoms with E-state index in [1.165, 1.54) is 11.1 Å². The van der Waals surface area contributed by atoms with Gasteiger partial charge in [-0.25, -0.2) is 0 Å². The Bertz CT molecular complexity index is 398. The summed E-state index contributed by atoms with van der Waals surface area (Å²) < 4.78 is 5.23. The van der Waals surface area contributed by atoms with Crippen molar-refractivity contribution in [2.24, 2.45) is 5.92 Å². The molecule has 0 heterocycles. The molecule has 0 radical (unpaired) electrons. The van der Waals surface area contributed by atoms with Crippen LogP contribution in [0, 0.1) is 5.92 Å². The van der Waals surface area contributed by atoms with Crippen molar-refractivity contribution >= 4 is 5.97 Å². The van der Waals surface area contributed by atoms with E-state index in [0.29, 0.717) is 12.5 Å². The largest absolute Gasteiger partial charge is 0.466 e. The molecule has 0 aliphatic heterocycles. The average molecular weight is 232 g/mol. The van der Waals surface area contributed by atoms with Crippen LogP contribution in [-0.2, 0) is 16.0 Å². The average Bonchev–Trinajstić information content (AvgIpc) is 2.47. The molecule has 2 rings (SSSR count). The number of hydrogen-bond acceptors (Lipinski definition) is 2. The molecule has 1 aromatic rings. The van der Waals surface area contributed by atoms with E-state index >= 15 is 0 Å². The number of carbonyl (C=O) groups excluding carboxylic acids is 1. The summed E-state index contributed by atoms with van der Waals surface area (Å²) in [5, 5.41) is 0. The minimum Gasteiger partial charge on any atom is -0.466 e. The molecular weight excluding hydrogens is 212 g/mol. The molecule has 2 heteroatoms. The number of benzene rings is 1. The molecule has 0 N–H and O–H groups in total. The molecule has 0 fully saturated rings. The van der Waals surface area contributed by atoms with Crippen molar-refractivity contribution < 1.29 is 9.53 Å². The van der Waals surface area contributed by atoms with Crippen LogP contribution in [0.5, 0.6) is 0 Å². The number of carbonyl (C=O) groups is 1. The molecule has 1 aromatic carbocycles. The van der Waals surface area contributed by atoms with E-state index in [2.05, 4.69) is 25.1 Å². The van der Waals surface area contributed by atoms with Crippen LogP contribution in [0.15, 0.2) is 24.3 Å². The highest BCUT2D eigenvalue weighted by molar-refractivity contribution is 5.79. The second-order valence-electron chi connectivity index (χ2n) is 4.80. The summed E-state index contributed by atoms with van der Waals surface area (Å²) in [6, 6.07) is 8.29. The van der Waals surface area contributed by atoms with Gasteiger partial charge in [-0.05, 0) is 43.2 Å². The maximum Gasteiger partial charge on any atom is 0.313 e. The highest BCUT2D eigenvalue weighted by Crippen LogP contribution is 2.35. The molecule has 0 saturated heterocycles. The quantitative estimate of drug-likeness (QED) is 0.577. The fraction of sp³-hybridized carbons (Fsp3) is 0.533. The first kappa shape index (κ1) is 12.2. The molecule has 92 valence electrons. The van der Waals surface area contributed by atoms with E-state index in [9.17, 15) is 4.79 Å². The summed E-state index contributed by atoms with van der Waals surface area (Å²) in [4.78, 5) is 12.1. The van der Waals surface area contributed by atoms with Crippen LogP contribution in [0.2, 0.25) is 0 Å². The first-order chi connectivity index (χ1) is 8.24. The molecule has 0 amide bonds. The van der Waals surface area contributed by atoms with Crippen molar-refractivity contribution in [3.8, 4) is 0 Å². The van der Waals surface area contributed by atoms with Gasteiger partial charge in [0.1, 0.15) is 0 Å². The highest BCUT2D eigenvalue weighted by atomic mass is 16.5. The summed E-state index contributed by atoms with van der Waals surface area (Å²) in [5.41, 5.74) is 2.49. The number of aryl methyl sites for hydroxylation is 1. The highest BCUT2D eigenvalue weighted by Gasteiger charge is 2.31. The topological polar surface area (TPSA) is 26.3 Å². The fourth-order valence-corrected chi connectivity index (χ4v) is 2.74.